The number of nitrogens with two attached hydrogens (primary N) is 1. The van der Waals surface area contributed by atoms with Gasteiger partial charge in [-0.05, 0) is 26.3 Å². The van der Waals surface area contributed by atoms with Crippen LogP contribution >= 0.6 is 11.6 Å². The molecule has 4 unspecified atom stereocenters. The zero-order valence-corrected chi connectivity index (χ0v) is 11.4. The van der Waals surface area contributed by atoms with E-state index in [1.54, 1.807) is 6.92 Å². The Morgan fingerprint density at radius 2 is 2.11 bits per heavy atom. The molecule has 1 aliphatic heterocycles. The molecule has 4 atom stereocenters. The number of rotatable bonds is 1. The number of hydrogen-bond acceptors (Lipinski definition) is 2. The molecule has 0 spiro atoms. The Labute approximate surface area is 114 Å². The molecule has 1 heterocycles. The van der Waals surface area contributed by atoms with E-state index in [0.717, 1.165) is 0 Å². The summed E-state index contributed by atoms with van der Waals surface area (Å²) in [6.07, 6.45) is -1.15. The first kappa shape index (κ1) is 13.5. The van der Waals surface area contributed by atoms with Crippen LogP contribution in [0.1, 0.15) is 20.3 Å². The number of fused-ring (bicyclic) bond motifs is 3. The highest BCUT2D eigenvalue weighted by Crippen LogP contribution is 2.73. The molecule has 2 fully saturated rings. The second kappa shape index (κ2) is 3.38. The van der Waals surface area contributed by atoms with Crippen LogP contribution in [0.4, 0.5) is 13.2 Å². The van der Waals surface area contributed by atoms with Gasteiger partial charge in [-0.2, -0.15) is 13.2 Å². The van der Waals surface area contributed by atoms with Gasteiger partial charge in [0, 0.05) is 17.9 Å². The van der Waals surface area contributed by atoms with E-state index in [2.05, 4.69) is 0 Å². The first-order valence-electron chi connectivity index (χ1n) is 6.16. The van der Waals surface area contributed by atoms with Crippen LogP contribution in [0.3, 0.4) is 0 Å². The van der Waals surface area contributed by atoms with Crippen LogP contribution in [-0.4, -0.2) is 23.9 Å². The van der Waals surface area contributed by atoms with Gasteiger partial charge in [-0.1, -0.05) is 17.7 Å². The van der Waals surface area contributed by atoms with Crippen LogP contribution in [0, 0.1) is 11.3 Å². The predicted octanol–water partition coefficient (Wildman–Crippen LogP) is 3.12. The second-order valence-corrected chi connectivity index (χ2v) is 6.51. The zero-order chi connectivity index (χ0) is 14.3. The van der Waals surface area contributed by atoms with Crippen molar-refractivity contribution < 1.29 is 17.9 Å². The lowest BCUT2D eigenvalue weighted by Gasteiger charge is -2.36. The lowest BCUT2D eigenvalue weighted by molar-refractivity contribution is -0.0914. The monoisotopic (exact) mass is 293 g/mol. The fourth-order valence-electron chi connectivity index (χ4n) is 3.90. The summed E-state index contributed by atoms with van der Waals surface area (Å²) in [5.41, 5.74) is 3.40. The summed E-state index contributed by atoms with van der Waals surface area (Å²) >= 11 is 5.78. The first-order valence-corrected chi connectivity index (χ1v) is 6.54. The Hall–Kier alpha value is -0.520. The van der Waals surface area contributed by atoms with Gasteiger partial charge in [-0.25, -0.2) is 0 Å². The van der Waals surface area contributed by atoms with Crippen molar-refractivity contribution in [2.24, 2.45) is 17.1 Å². The molecule has 1 saturated heterocycles. The maximum atomic E-state index is 13.0. The summed E-state index contributed by atoms with van der Waals surface area (Å²) < 4.78 is 44.9. The Balaban J connectivity index is 2.09. The molecule has 2 aliphatic carbocycles. The van der Waals surface area contributed by atoms with Crippen molar-refractivity contribution in [3.63, 3.8) is 0 Å². The van der Waals surface area contributed by atoms with Gasteiger partial charge in [0.2, 0.25) is 0 Å². The topological polar surface area (TPSA) is 35.2 Å². The fraction of sp³-hybridized carbons (Fsp3) is 0.692. The number of ether oxygens (including phenoxy) is 1. The zero-order valence-electron chi connectivity index (χ0n) is 10.6. The van der Waals surface area contributed by atoms with Gasteiger partial charge in [0.1, 0.15) is 0 Å². The van der Waals surface area contributed by atoms with Crippen molar-refractivity contribution in [2.75, 3.05) is 6.54 Å². The Morgan fingerprint density at radius 3 is 2.63 bits per heavy atom. The second-order valence-electron chi connectivity index (χ2n) is 6.10. The van der Waals surface area contributed by atoms with Crippen LogP contribution < -0.4 is 5.73 Å². The van der Waals surface area contributed by atoms with Crippen molar-refractivity contribution >= 4 is 11.6 Å². The maximum absolute atomic E-state index is 13.0. The van der Waals surface area contributed by atoms with Gasteiger partial charge < -0.3 is 10.5 Å². The highest BCUT2D eigenvalue weighted by atomic mass is 35.5. The minimum Gasteiger partial charge on any atom is -0.364 e. The minimum absolute atomic E-state index is 0.289. The molecule has 106 valence electrons. The lowest BCUT2D eigenvalue weighted by Crippen LogP contribution is -2.40. The Kier molecular flexibility index (Phi) is 2.39. The summed E-state index contributed by atoms with van der Waals surface area (Å²) in [5.74, 6) is -0.380. The van der Waals surface area contributed by atoms with Crippen molar-refractivity contribution in [2.45, 2.75) is 37.6 Å². The van der Waals surface area contributed by atoms with Crippen LogP contribution in [0.25, 0.3) is 0 Å². The standard InChI is InChI=1S/C13H15ClF3NO/c1-10-4-8(14)7(13(15,16)17)3-9(10)12(6-18)5-11(12,2)19-10/h3-4,9H,5-6,18H2,1-2H3. The molecule has 0 radical (unpaired) electrons. The number of allylic oxidation sites excluding steroid dienone is 2. The highest BCUT2D eigenvalue weighted by molar-refractivity contribution is 6.32. The molecule has 0 aromatic rings. The van der Waals surface area contributed by atoms with Crippen LogP contribution in [0.5, 0.6) is 0 Å². The smallest absolute Gasteiger partial charge is 0.364 e. The summed E-state index contributed by atoms with van der Waals surface area (Å²) in [5, 5.41) is -0.289. The largest absolute Gasteiger partial charge is 0.417 e. The van der Waals surface area contributed by atoms with Gasteiger partial charge in [-0.15, -0.1) is 0 Å². The predicted molar refractivity (Wildman–Crippen MR) is 65.6 cm³/mol. The van der Waals surface area contributed by atoms with Gasteiger partial charge in [0.25, 0.3) is 0 Å². The number of halogens is 4. The third kappa shape index (κ3) is 1.52. The molecule has 0 aromatic heterocycles. The third-order valence-corrected chi connectivity index (χ3v) is 5.23. The van der Waals surface area contributed by atoms with E-state index < -0.39 is 28.4 Å². The van der Waals surface area contributed by atoms with E-state index in [0.29, 0.717) is 13.0 Å². The van der Waals surface area contributed by atoms with Crippen LogP contribution in [0.15, 0.2) is 22.8 Å². The fourth-order valence-corrected chi connectivity index (χ4v) is 4.28. The molecule has 2 N–H and O–H groups in total. The van der Waals surface area contributed by atoms with E-state index >= 15 is 0 Å². The van der Waals surface area contributed by atoms with Gasteiger partial charge >= 0.3 is 6.18 Å². The van der Waals surface area contributed by atoms with Crippen molar-refractivity contribution in [1.29, 1.82) is 0 Å². The molecule has 6 heteroatoms. The molecular weight excluding hydrogens is 279 g/mol. The molecule has 0 aromatic carbocycles. The lowest BCUT2D eigenvalue weighted by atomic mass is 9.73. The first-order chi connectivity index (χ1) is 8.58. The summed E-state index contributed by atoms with van der Waals surface area (Å²) in [6.45, 7) is 4.00. The average Bonchev–Trinajstić information content (AvgIpc) is 2.75. The summed E-state index contributed by atoms with van der Waals surface area (Å²) in [7, 11) is 0. The molecule has 0 amide bonds. The molecular formula is C13H15ClF3NO. The molecule has 2 nitrogen and oxygen atoms in total. The van der Waals surface area contributed by atoms with Gasteiger partial charge in [0.15, 0.2) is 0 Å². The number of hydrogen-bond donors (Lipinski definition) is 1. The molecule has 19 heavy (non-hydrogen) atoms. The van der Waals surface area contributed by atoms with Crippen molar-refractivity contribution in [3.8, 4) is 0 Å². The summed E-state index contributed by atoms with van der Waals surface area (Å²) in [6, 6.07) is 0. The van der Waals surface area contributed by atoms with E-state index in [4.69, 9.17) is 22.1 Å². The van der Waals surface area contributed by atoms with Gasteiger partial charge in [-0.3, -0.25) is 0 Å². The Morgan fingerprint density at radius 1 is 1.47 bits per heavy atom. The highest BCUT2D eigenvalue weighted by Gasteiger charge is 2.78. The minimum atomic E-state index is -4.45. The van der Waals surface area contributed by atoms with Crippen LogP contribution in [-0.2, 0) is 4.74 Å². The van der Waals surface area contributed by atoms with Crippen molar-refractivity contribution in [1.82, 2.24) is 0 Å². The number of alkyl halides is 3. The van der Waals surface area contributed by atoms with E-state index in [-0.39, 0.29) is 11.0 Å². The van der Waals surface area contributed by atoms with E-state index in [9.17, 15) is 13.2 Å². The van der Waals surface area contributed by atoms with Crippen LogP contribution in [0.2, 0.25) is 0 Å². The normalized spacial score (nSPS) is 48.3. The van der Waals surface area contributed by atoms with Gasteiger partial charge in [0.05, 0.1) is 21.8 Å². The molecule has 3 rings (SSSR count). The molecule has 0 bridgehead atoms. The van der Waals surface area contributed by atoms with E-state index in [1.165, 1.54) is 12.2 Å². The Bertz CT molecular complexity index is 515. The summed E-state index contributed by atoms with van der Waals surface area (Å²) in [4.78, 5) is 0. The maximum Gasteiger partial charge on any atom is 0.417 e. The average molecular weight is 294 g/mol. The van der Waals surface area contributed by atoms with E-state index in [1.807, 2.05) is 6.92 Å². The SMILES string of the molecule is CC12C=C(Cl)C(C(F)(F)F)=CC1C1(CN)CC1(C)O2. The quantitative estimate of drug-likeness (QED) is 0.806. The molecule has 3 aliphatic rings. The molecule has 1 saturated carbocycles. The van der Waals surface area contributed by atoms with Crippen molar-refractivity contribution in [3.05, 3.63) is 22.8 Å². The third-order valence-electron chi connectivity index (χ3n) is 4.91.